The third-order valence-corrected chi connectivity index (χ3v) is 7.28. The number of nitrogens with one attached hydrogen (secondary N) is 2. The minimum atomic E-state index is 0.808. The second kappa shape index (κ2) is 12.8. The number of aryl methyl sites for hydroxylation is 2. The predicted octanol–water partition coefficient (Wildman–Crippen LogP) is 5.91. The molecule has 0 heterocycles. The van der Waals surface area contributed by atoms with Gasteiger partial charge < -0.3 is 21.1 Å². The zero-order valence-corrected chi connectivity index (χ0v) is 21.2. The Morgan fingerprint density at radius 2 is 1.94 bits per heavy atom. The smallest absolute Gasteiger partial charge is 0.122 e. The number of nitrogens with two attached hydrogens (primary N) is 1. The van der Waals surface area contributed by atoms with Gasteiger partial charge in [-0.3, -0.25) is 0 Å². The molecule has 0 amide bonds. The molecule has 2 aromatic carbocycles. The fourth-order valence-corrected chi connectivity index (χ4v) is 5.29. The lowest BCUT2D eigenvalue weighted by Crippen LogP contribution is -2.17. The number of unbranched alkanes of at least 4 members (excludes halogenated alkanes) is 2. The van der Waals surface area contributed by atoms with E-state index in [0.29, 0.717) is 0 Å². The summed E-state index contributed by atoms with van der Waals surface area (Å²) in [5.74, 6) is 4.41. The first-order valence-corrected chi connectivity index (χ1v) is 13.1. The number of rotatable bonds is 13. The summed E-state index contributed by atoms with van der Waals surface area (Å²) in [5, 5.41) is 6.91. The molecule has 1 aliphatic rings. The van der Waals surface area contributed by atoms with E-state index in [1.165, 1.54) is 52.2 Å². The van der Waals surface area contributed by atoms with Crippen molar-refractivity contribution in [2.75, 3.05) is 37.5 Å². The molecule has 0 fully saturated rings. The van der Waals surface area contributed by atoms with E-state index >= 15 is 0 Å². The van der Waals surface area contributed by atoms with Gasteiger partial charge in [-0.25, -0.2) is 0 Å². The Bertz CT molecular complexity index is 983. The van der Waals surface area contributed by atoms with Crippen molar-refractivity contribution in [3.05, 3.63) is 76.6 Å². The third kappa shape index (κ3) is 6.81. The van der Waals surface area contributed by atoms with Crippen molar-refractivity contribution in [2.24, 2.45) is 5.73 Å². The number of hydrogen-bond donors (Lipinski definition) is 3. The average Bonchev–Trinajstić information content (AvgIpc) is 3.14. The molecule has 0 aliphatic heterocycles. The number of ether oxygens (including phenoxy) is 1. The summed E-state index contributed by atoms with van der Waals surface area (Å²) < 4.78 is 5.76. The molecule has 178 valence electrons. The van der Waals surface area contributed by atoms with Gasteiger partial charge >= 0.3 is 0 Å². The van der Waals surface area contributed by atoms with Gasteiger partial charge in [0.25, 0.3) is 0 Å². The zero-order chi connectivity index (χ0) is 23.6. The van der Waals surface area contributed by atoms with E-state index in [2.05, 4.69) is 60.5 Å². The van der Waals surface area contributed by atoms with Gasteiger partial charge in [0.05, 0.1) is 7.11 Å². The molecule has 0 atom stereocenters. The van der Waals surface area contributed by atoms with E-state index < -0.39 is 0 Å². The predicted molar refractivity (Wildman–Crippen MR) is 145 cm³/mol. The number of methoxy groups -OCH3 is 1. The lowest BCUT2D eigenvalue weighted by atomic mass is 10.0. The first kappa shape index (κ1) is 25.3. The highest BCUT2D eigenvalue weighted by Crippen LogP contribution is 2.40. The molecular formula is C28H39N3OS. The monoisotopic (exact) mass is 465 g/mol. The molecule has 5 heteroatoms. The molecule has 0 bridgehead atoms. The molecule has 4 N–H and O–H groups in total. The molecule has 3 rings (SSSR count). The van der Waals surface area contributed by atoms with Crippen LogP contribution in [0.1, 0.15) is 47.9 Å². The van der Waals surface area contributed by atoms with Crippen LogP contribution < -0.4 is 21.1 Å². The van der Waals surface area contributed by atoms with Crippen molar-refractivity contribution >= 4 is 23.0 Å². The van der Waals surface area contributed by atoms with Crippen molar-refractivity contribution < 1.29 is 4.74 Å². The number of allylic oxidation sites excluding steroid dienone is 2. The van der Waals surface area contributed by atoms with Crippen molar-refractivity contribution in [1.29, 1.82) is 0 Å². The zero-order valence-electron chi connectivity index (χ0n) is 20.4. The summed E-state index contributed by atoms with van der Waals surface area (Å²) in [7, 11) is 3.73. The molecule has 0 radical (unpaired) electrons. The van der Waals surface area contributed by atoms with E-state index in [4.69, 9.17) is 10.5 Å². The Morgan fingerprint density at radius 3 is 2.67 bits per heavy atom. The van der Waals surface area contributed by atoms with Crippen LogP contribution >= 0.6 is 11.8 Å². The van der Waals surface area contributed by atoms with Crippen molar-refractivity contribution in [1.82, 2.24) is 5.32 Å². The fourth-order valence-electron chi connectivity index (χ4n) is 4.33. The largest absolute Gasteiger partial charge is 0.496 e. The molecule has 33 heavy (non-hydrogen) atoms. The van der Waals surface area contributed by atoms with Gasteiger partial charge in [0.1, 0.15) is 11.6 Å². The highest BCUT2D eigenvalue weighted by Gasteiger charge is 2.25. The van der Waals surface area contributed by atoms with E-state index in [9.17, 15) is 0 Å². The second-order valence-corrected chi connectivity index (χ2v) is 9.86. The van der Waals surface area contributed by atoms with Crippen molar-refractivity contribution in [3.63, 3.8) is 0 Å². The summed E-state index contributed by atoms with van der Waals surface area (Å²) in [4.78, 5) is 0. The van der Waals surface area contributed by atoms with Gasteiger partial charge in [-0.05, 0) is 103 Å². The van der Waals surface area contributed by atoms with Gasteiger partial charge in [0.15, 0.2) is 0 Å². The third-order valence-electron chi connectivity index (χ3n) is 6.13. The van der Waals surface area contributed by atoms with Crippen LogP contribution in [0, 0.1) is 6.92 Å². The summed E-state index contributed by atoms with van der Waals surface area (Å²) in [5.41, 5.74) is 14.0. The van der Waals surface area contributed by atoms with Crippen LogP contribution in [-0.4, -0.2) is 32.2 Å². The van der Waals surface area contributed by atoms with Gasteiger partial charge in [0.2, 0.25) is 0 Å². The molecule has 2 aromatic rings. The number of hydrogen-bond acceptors (Lipinski definition) is 5. The van der Waals surface area contributed by atoms with Crippen molar-refractivity contribution in [2.45, 2.75) is 45.4 Å². The first-order chi connectivity index (χ1) is 16.1. The highest BCUT2D eigenvalue weighted by molar-refractivity contribution is 7.99. The summed E-state index contributed by atoms with van der Waals surface area (Å²) in [6.45, 7) is 7.37. The average molecular weight is 466 g/mol. The molecule has 0 unspecified atom stereocenters. The van der Waals surface area contributed by atoms with Gasteiger partial charge in [-0.1, -0.05) is 25.1 Å². The number of benzene rings is 2. The van der Waals surface area contributed by atoms with Crippen LogP contribution in [0.25, 0.3) is 5.57 Å². The van der Waals surface area contributed by atoms with Crippen molar-refractivity contribution in [3.8, 4) is 5.75 Å². The van der Waals surface area contributed by atoms with E-state index in [0.717, 1.165) is 55.1 Å². The lowest BCUT2D eigenvalue weighted by molar-refractivity contribution is 0.409. The minimum Gasteiger partial charge on any atom is -0.496 e. The van der Waals surface area contributed by atoms with Gasteiger partial charge in [-0.15, -0.1) is 0 Å². The molecule has 0 saturated carbocycles. The fraction of sp³-hybridized carbons (Fsp3) is 0.429. The molecule has 1 aliphatic carbocycles. The Labute approximate surface area is 204 Å². The maximum atomic E-state index is 5.76. The molecular weight excluding hydrogens is 426 g/mol. The molecule has 0 aromatic heterocycles. The molecule has 0 spiro atoms. The van der Waals surface area contributed by atoms with Gasteiger partial charge in [-0.2, -0.15) is 11.8 Å². The van der Waals surface area contributed by atoms with Crippen LogP contribution in [0.3, 0.4) is 0 Å². The van der Waals surface area contributed by atoms with Crippen LogP contribution in [0.15, 0.2) is 54.4 Å². The highest BCUT2D eigenvalue weighted by atomic mass is 32.2. The summed E-state index contributed by atoms with van der Waals surface area (Å²) >= 11 is 2.05. The van der Waals surface area contributed by atoms with E-state index in [1.54, 1.807) is 7.11 Å². The van der Waals surface area contributed by atoms with Crippen LogP contribution in [0.5, 0.6) is 5.75 Å². The Kier molecular flexibility index (Phi) is 9.76. The summed E-state index contributed by atoms with van der Waals surface area (Å²) in [6, 6.07) is 12.9. The molecule has 0 saturated heterocycles. The number of thioether (sulfide) groups is 1. The minimum absolute atomic E-state index is 0.808. The number of fused-ring (bicyclic) bond motifs is 1. The Balaban J connectivity index is 1.68. The lowest BCUT2D eigenvalue weighted by Gasteiger charge is -2.15. The first-order valence-electron chi connectivity index (χ1n) is 12.0. The van der Waals surface area contributed by atoms with Crippen LogP contribution in [0.4, 0.5) is 5.69 Å². The standard InChI is InChI=1S/C28H39N3OS/c1-20-10-8-12-24(16-20)31-28(30-3)26-18-23-19-27(32-4)22(17-25(23)21(26)2)11-9-15-33-14-7-5-6-13-29/h8,10,12,16-17,19,30-31H,2,5-7,9,11,13-15,18,29H2,1,3-4H3/b28-26+. The van der Waals surface area contributed by atoms with E-state index in [-0.39, 0.29) is 0 Å². The Morgan fingerprint density at radius 1 is 1.12 bits per heavy atom. The maximum Gasteiger partial charge on any atom is 0.122 e. The van der Waals surface area contributed by atoms with E-state index in [1.807, 2.05) is 18.8 Å². The maximum absolute atomic E-state index is 5.76. The Hall–Kier alpha value is -2.37. The number of anilines is 1. The SMILES string of the molecule is C=C1/C(=C(\NC)Nc2cccc(C)c2)Cc2cc(OC)c(CCCSCCCCCN)cc21. The molecule has 4 nitrogen and oxygen atoms in total. The van der Waals surface area contributed by atoms with Gasteiger partial charge in [0, 0.05) is 24.7 Å². The topological polar surface area (TPSA) is 59.3 Å². The van der Waals surface area contributed by atoms with Crippen LogP contribution in [0.2, 0.25) is 0 Å². The second-order valence-electron chi connectivity index (χ2n) is 8.64. The normalized spacial score (nSPS) is 14.2. The van der Waals surface area contributed by atoms with Crippen LogP contribution in [-0.2, 0) is 12.8 Å². The summed E-state index contributed by atoms with van der Waals surface area (Å²) in [6.07, 6.45) is 6.68. The quantitative estimate of drug-likeness (QED) is 0.321.